The van der Waals surface area contributed by atoms with Crippen molar-refractivity contribution >= 4 is 6.98 Å². The van der Waals surface area contributed by atoms with Gasteiger partial charge >= 0.3 is 58.4 Å². The molecule has 5 heteroatoms. The summed E-state index contributed by atoms with van der Waals surface area (Å²) in [6, 6.07) is 0. The van der Waals surface area contributed by atoms with Crippen molar-refractivity contribution < 1.29 is 64.3 Å². The smallest absolute Gasteiger partial charge is 0.449 e. The van der Waals surface area contributed by atoms with E-state index in [-0.39, 0.29) is 51.4 Å². The van der Waals surface area contributed by atoms with Gasteiger partial charge in [-0.15, -0.1) is 0 Å². The van der Waals surface area contributed by atoms with Crippen molar-refractivity contribution in [2.75, 3.05) is 0 Å². The van der Waals surface area contributed by atoms with Gasteiger partial charge in [-0.1, -0.05) is 38.4 Å². The molecule has 66 valence electrons. The van der Waals surface area contributed by atoms with Crippen LogP contribution in [0, 0.1) is 5.92 Å². The summed E-state index contributed by atoms with van der Waals surface area (Å²) < 4.78 is 35.3. The van der Waals surface area contributed by atoms with Crippen LogP contribution in [0.5, 0.6) is 0 Å². The molecule has 0 bridgehead atoms. The molecule has 0 aromatic rings. The molecule has 1 aliphatic rings. The molecule has 0 radical (unpaired) electrons. The van der Waals surface area contributed by atoms with Gasteiger partial charge in [0.25, 0.3) is 0 Å². The molecule has 0 aromatic heterocycles. The Balaban J connectivity index is 0.00000121. The summed E-state index contributed by atoms with van der Waals surface area (Å²) in [5.41, 5.74) is 0. The van der Waals surface area contributed by atoms with E-state index < -0.39 is 13.3 Å². The molecule has 0 saturated heterocycles. The fourth-order valence-corrected chi connectivity index (χ4v) is 1.72. The predicted octanol–water partition coefficient (Wildman–Crippen LogP) is 0.418. The zero-order valence-corrected chi connectivity index (χ0v) is 10.7. The second kappa shape index (κ2) is 6.07. The van der Waals surface area contributed by atoms with E-state index in [1.54, 1.807) is 0 Å². The average molecular weight is 204 g/mol. The van der Waals surface area contributed by atoms with Gasteiger partial charge < -0.3 is 12.9 Å². The molecule has 0 atom stereocenters. The van der Waals surface area contributed by atoms with Crippen LogP contribution < -0.4 is 51.4 Å². The third-order valence-electron chi connectivity index (χ3n) is 2.38. The van der Waals surface area contributed by atoms with E-state index in [4.69, 9.17) is 0 Å². The maximum atomic E-state index is 11.8. The topological polar surface area (TPSA) is 0 Å². The van der Waals surface area contributed by atoms with Crippen LogP contribution in [0.4, 0.5) is 12.9 Å². The largest absolute Gasteiger partial charge is 1.00 e. The molecule has 0 amide bonds. The second-order valence-electron chi connectivity index (χ2n) is 3.44. The zero-order chi connectivity index (χ0) is 8.32. The van der Waals surface area contributed by atoms with Crippen molar-refractivity contribution in [2.45, 2.75) is 38.4 Å². The Morgan fingerprint density at radius 1 is 1.08 bits per heavy atom. The number of hydrogen-bond donors (Lipinski definition) is 0. The molecule has 1 fully saturated rings. The average Bonchev–Trinajstić information content (AvgIpc) is 2.32. The Morgan fingerprint density at radius 3 is 2.00 bits per heavy atom. The standard InChI is InChI=1S/C7H13BF3.K/c9-8(10,11)6-5-7-3-1-2-4-7;/h7H,1-6H2;/q-1;+1. The molecule has 0 unspecified atom stereocenters. The maximum Gasteiger partial charge on any atom is 1.00 e. The van der Waals surface area contributed by atoms with Gasteiger partial charge in [-0.2, -0.15) is 0 Å². The molecule has 0 heterocycles. The Hall–Kier alpha value is 1.49. The molecular weight excluding hydrogens is 191 g/mol. The van der Waals surface area contributed by atoms with Gasteiger partial charge in [0.05, 0.1) is 0 Å². The monoisotopic (exact) mass is 204 g/mol. The molecule has 0 aromatic carbocycles. The summed E-state index contributed by atoms with van der Waals surface area (Å²) in [5, 5.41) is 0. The molecule has 0 N–H and O–H groups in total. The summed E-state index contributed by atoms with van der Waals surface area (Å²) in [4.78, 5) is 0. The Bertz CT molecular complexity index is 120. The van der Waals surface area contributed by atoms with Gasteiger partial charge in [0, 0.05) is 0 Å². The van der Waals surface area contributed by atoms with Crippen LogP contribution >= 0.6 is 0 Å². The fraction of sp³-hybridized carbons (Fsp3) is 1.00. The third-order valence-corrected chi connectivity index (χ3v) is 2.38. The van der Waals surface area contributed by atoms with Gasteiger partial charge in [-0.25, -0.2) is 0 Å². The SMILES string of the molecule is F[B-](F)(F)CCC1CCCC1.[K+]. The minimum Gasteiger partial charge on any atom is -0.449 e. The van der Waals surface area contributed by atoms with Crippen molar-refractivity contribution in [1.29, 1.82) is 0 Å². The van der Waals surface area contributed by atoms with Crippen molar-refractivity contribution in [3.8, 4) is 0 Å². The maximum absolute atomic E-state index is 11.8. The molecule has 0 spiro atoms. The van der Waals surface area contributed by atoms with Gasteiger partial charge in [0.1, 0.15) is 0 Å². The molecule has 0 nitrogen and oxygen atoms in total. The number of rotatable bonds is 3. The predicted molar refractivity (Wildman–Crippen MR) is 40.5 cm³/mol. The second-order valence-corrected chi connectivity index (χ2v) is 3.44. The molecule has 1 saturated carbocycles. The molecular formula is C7H13BF3K. The van der Waals surface area contributed by atoms with Crippen LogP contribution in [0.1, 0.15) is 32.1 Å². The Kier molecular flexibility index (Phi) is 6.82. The van der Waals surface area contributed by atoms with Crippen LogP contribution in [-0.4, -0.2) is 6.98 Å². The number of hydrogen-bond acceptors (Lipinski definition) is 0. The Labute approximate surface area is 114 Å². The van der Waals surface area contributed by atoms with Gasteiger partial charge in [-0.3, -0.25) is 0 Å². The van der Waals surface area contributed by atoms with E-state index in [9.17, 15) is 12.9 Å². The molecule has 1 aliphatic carbocycles. The third kappa shape index (κ3) is 6.02. The van der Waals surface area contributed by atoms with Crippen LogP contribution in [0.3, 0.4) is 0 Å². The zero-order valence-electron chi connectivity index (χ0n) is 7.53. The van der Waals surface area contributed by atoms with Crippen molar-refractivity contribution in [3.63, 3.8) is 0 Å². The minimum atomic E-state index is -4.52. The minimum absolute atomic E-state index is 0. The van der Waals surface area contributed by atoms with E-state index in [0.717, 1.165) is 25.7 Å². The summed E-state index contributed by atoms with van der Waals surface area (Å²) in [5.74, 6) is 0.374. The van der Waals surface area contributed by atoms with E-state index in [1.165, 1.54) is 0 Å². The molecule has 0 aliphatic heterocycles. The first-order chi connectivity index (χ1) is 5.08. The molecule has 12 heavy (non-hydrogen) atoms. The van der Waals surface area contributed by atoms with Crippen molar-refractivity contribution in [3.05, 3.63) is 0 Å². The van der Waals surface area contributed by atoms with E-state index in [0.29, 0.717) is 12.3 Å². The summed E-state index contributed by atoms with van der Waals surface area (Å²) in [6.45, 7) is -4.52. The fourth-order valence-electron chi connectivity index (χ4n) is 1.72. The Morgan fingerprint density at radius 2 is 1.58 bits per heavy atom. The van der Waals surface area contributed by atoms with Crippen LogP contribution in [-0.2, 0) is 0 Å². The van der Waals surface area contributed by atoms with Gasteiger partial charge in [0.15, 0.2) is 0 Å². The normalized spacial score (nSPS) is 19.2. The summed E-state index contributed by atoms with van der Waals surface area (Å²) in [7, 11) is 0. The van der Waals surface area contributed by atoms with E-state index in [2.05, 4.69) is 0 Å². The first-order valence-electron chi connectivity index (χ1n) is 4.29. The number of halogens is 3. The van der Waals surface area contributed by atoms with Gasteiger partial charge in [0.2, 0.25) is 0 Å². The first kappa shape index (κ1) is 13.5. The van der Waals surface area contributed by atoms with Crippen LogP contribution in [0.25, 0.3) is 0 Å². The summed E-state index contributed by atoms with van der Waals surface area (Å²) >= 11 is 0. The van der Waals surface area contributed by atoms with E-state index in [1.807, 2.05) is 0 Å². The van der Waals surface area contributed by atoms with Crippen molar-refractivity contribution in [1.82, 2.24) is 0 Å². The van der Waals surface area contributed by atoms with Crippen LogP contribution in [0.15, 0.2) is 0 Å². The quantitative estimate of drug-likeness (QED) is 0.584. The summed E-state index contributed by atoms with van der Waals surface area (Å²) in [6.07, 6.45) is 4.16. The first-order valence-corrected chi connectivity index (χ1v) is 4.29. The van der Waals surface area contributed by atoms with Crippen LogP contribution in [0.2, 0.25) is 6.32 Å². The van der Waals surface area contributed by atoms with E-state index >= 15 is 0 Å². The van der Waals surface area contributed by atoms with Crippen molar-refractivity contribution in [2.24, 2.45) is 5.92 Å². The van der Waals surface area contributed by atoms with Gasteiger partial charge in [-0.05, 0) is 5.92 Å². The molecule has 1 rings (SSSR count).